The number of piperidine rings is 1. The number of nitrogens with zero attached hydrogens (tertiary/aromatic N) is 3. The summed E-state index contributed by atoms with van der Waals surface area (Å²) in [7, 11) is 0. The van der Waals surface area contributed by atoms with Gasteiger partial charge in [0.15, 0.2) is 5.76 Å². The number of rotatable bonds is 10. The molecule has 1 N–H and O–H groups in total. The van der Waals surface area contributed by atoms with Crippen molar-refractivity contribution in [2.75, 3.05) is 57.8 Å². The van der Waals surface area contributed by atoms with Crippen LogP contribution in [0.25, 0.3) is 0 Å². The quantitative estimate of drug-likeness (QED) is 0.350. The molecule has 0 aromatic heterocycles. The van der Waals surface area contributed by atoms with Crippen LogP contribution in [0.3, 0.4) is 0 Å². The van der Waals surface area contributed by atoms with Crippen molar-refractivity contribution in [1.82, 2.24) is 14.7 Å². The van der Waals surface area contributed by atoms with Crippen molar-refractivity contribution in [2.45, 2.75) is 58.4 Å². The normalized spacial score (nSPS) is 19.6. The second-order valence-electron chi connectivity index (χ2n) is 11.9. The number of nitrogens with one attached hydrogen (secondary N) is 1. The Balaban J connectivity index is 0.00000442. The molecule has 3 heterocycles. The maximum Gasteiger partial charge on any atom is 0.320 e. The van der Waals surface area contributed by atoms with Gasteiger partial charge in [0.05, 0.1) is 13.2 Å². The Morgan fingerprint density at radius 2 is 1.86 bits per heavy atom. The number of morpholine rings is 1. The summed E-state index contributed by atoms with van der Waals surface area (Å²) in [5.74, 6) is 0.955. The maximum atomic E-state index is 13.0. The smallest absolute Gasteiger partial charge is 0.320 e. The van der Waals surface area contributed by atoms with Crippen LogP contribution in [0.2, 0.25) is 0 Å². The van der Waals surface area contributed by atoms with Gasteiger partial charge in [-0.1, -0.05) is 37.3 Å². The van der Waals surface area contributed by atoms with E-state index in [4.69, 9.17) is 14.2 Å². The van der Waals surface area contributed by atoms with Gasteiger partial charge in [0, 0.05) is 44.5 Å². The fraction of sp³-hybridized carbons (Fsp3) is 0.529. The molecule has 9 nitrogen and oxygen atoms in total. The van der Waals surface area contributed by atoms with Crippen LogP contribution in [0, 0.1) is 5.92 Å². The molecule has 0 saturated carbocycles. The second kappa shape index (κ2) is 16.7. The average molecular weight is 627 g/mol. The first-order valence-electron chi connectivity index (χ1n) is 15.9. The van der Waals surface area contributed by atoms with E-state index in [1.807, 2.05) is 40.2 Å². The molecule has 1 aliphatic carbocycles. The first kappa shape index (κ1) is 33.6. The summed E-state index contributed by atoms with van der Waals surface area (Å²) in [5.41, 5.74) is 2.92. The van der Waals surface area contributed by atoms with Crippen molar-refractivity contribution >= 4 is 30.0 Å². The molecule has 3 amide bonds. The van der Waals surface area contributed by atoms with E-state index in [0.29, 0.717) is 44.0 Å². The summed E-state index contributed by atoms with van der Waals surface area (Å²) in [6, 6.07) is 8.57. The summed E-state index contributed by atoms with van der Waals surface area (Å²) in [4.78, 5) is 32.5. The molecule has 1 aromatic carbocycles. The Kier molecular flexibility index (Phi) is 12.8. The third-order valence-electron chi connectivity index (χ3n) is 8.63. The fourth-order valence-electron chi connectivity index (χ4n) is 6.18. The lowest BCUT2D eigenvalue weighted by atomic mass is 9.95. The molecular formula is C34H47ClN4O5. The number of carbonyl (C=O) groups is 2. The van der Waals surface area contributed by atoms with E-state index in [2.05, 4.69) is 36.2 Å². The molecule has 0 radical (unpaired) electrons. The molecule has 1 unspecified atom stereocenters. The lowest BCUT2D eigenvalue weighted by Gasteiger charge is -2.39. The standard InChI is InChI=1S/C34H46N4O5.ClH/c1-3-14-38(23-27-12-15-36(16-13-27)34(40)37-17-19-41-20-18-37)26(2)21-28-8-7-11-30(22-28)35-33(39)32-25-42-24-31(43-32)29-9-5-4-6-10-29;/h4-5,7-9,11,22,24-27H,3,6,10,12-21,23H2,1-2H3,(H,35,39);1H. The topological polar surface area (TPSA) is 83.6 Å². The highest BCUT2D eigenvalue weighted by atomic mass is 35.5. The number of benzene rings is 1. The van der Waals surface area contributed by atoms with Crippen LogP contribution in [0.5, 0.6) is 0 Å². The summed E-state index contributed by atoms with van der Waals surface area (Å²) >= 11 is 0. The predicted octanol–water partition coefficient (Wildman–Crippen LogP) is 5.86. The third-order valence-corrected chi connectivity index (χ3v) is 8.63. The SMILES string of the molecule is CCCN(CC1CCN(C(=O)N2CCOCC2)CC1)C(C)Cc1cccc(NC(=O)C2=COC=C(C3=CC=CCC3)O2)c1.Cl. The van der Waals surface area contributed by atoms with Gasteiger partial charge < -0.3 is 34.2 Å². The number of halogens is 1. The van der Waals surface area contributed by atoms with E-state index in [9.17, 15) is 9.59 Å². The van der Waals surface area contributed by atoms with Crippen LogP contribution in [0.1, 0.15) is 51.5 Å². The summed E-state index contributed by atoms with van der Waals surface area (Å²) in [6.07, 6.45) is 14.8. The van der Waals surface area contributed by atoms with Gasteiger partial charge in [-0.3, -0.25) is 4.79 Å². The molecule has 10 heteroatoms. The minimum atomic E-state index is -0.339. The number of ether oxygens (including phenoxy) is 3. The molecule has 2 fully saturated rings. The first-order chi connectivity index (χ1) is 21.0. The van der Waals surface area contributed by atoms with Crippen molar-refractivity contribution in [3.05, 3.63) is 77.7 Å². The largest absolute Gasteiger partial charge is 0.465 e. The Labute approximate surface area is 268 Å². The van der Waals surface area contributed by atoms with Crippen molar-refractivity contribution in [3.63, 3.8) is 0 Å². The predicted molar refractivity (Wildman–Crippen MR) is 174 cm³/mol. The van der Waals surface area contributed by atoms with Gasteiger partial charge >= 0.3 is 6.03 Å². The number of allylic oxidation sites excluding steroid dienone is 4. The van der Waals surface area contributed by atoms with Crippen LogP contribution in [0.15, 0.2) is 72.1 Å². The average Bonchev–Trinajstić information content (AvgIpc) is 3.05. The minimum absolute atomic E-state index is 0. The maximum absolute atomic E-state index is 13.0. The van der Waals surface area contributed by atoms with Crippen molar-refractivity contribution < 1.29 is 23.8 Å². The molecule has 1 aromatic rings. The van der Waals surface area contributed by atoms with E-state index in [0.717, 1.165) is 76.0 Å². The van der Waals surface area contributed by atoms with Gasteiger partial charge in [-0.05, 0) is 81.2 Å². The van der Waals surface area contributed by atoms with Crippen LogP contribution in [-0.4, -0.2) is 85.2 Å². The number of anilines is 1. The fourth-order valence-corrected chi connectivity index (χ4v) is 6.18. The van der Waals surface area contributed by atoms with Gasteiger partial charge in [-0.15, -0.1) is 12.4 Å². The second-order valence-corrected chi connectivity index (χ2v) is 11.9. The molecule has 44 heavy (non-hydrogen) atoms. The number of urea groups is 1. The van der Waals surface area contributed by atoms with Gasteiger partial charge in [0.25, 0.3) is 5.91 Å². The zero-order valence-corrected chi connectivity index (χ0v) is 26.9. The van der Waals surface area contributed by atoms with E-state index in [1.54, 1.807) is 6.26 Å². The Morgan fingerprint density at radius 1 is 1.09 bits per heavy atom. The molecule has 3 aliphatic heterocycles. The highest BCUT2D eigenvalue weighted by Gasteiger charge is 2.29. The molecule has 240 valence electrons. The summed E-state index contributed by atoms with van der Waals surface area (Å²) in [6.45, 7) is 10.9. The Hall–Kier alpha value is -3.27. The highest BCUT2D eigenvalue weighted by molar-refractivity contribution is 6.02. The van der Waals surface area contributed by atoms with Gasteiger partial charge in [0.2, 0.25) is 5.76 Å². The van der Waals surface area contributed by atoms with Crippen LogP contribution in [-0.2, 0) is 25.4 Å². The van der Waals surface area contributed by atoms with Crippen LogP contribution < -0.4 is 5.32 Å². The summed E-state index contributed by atoms with van der Waals surface area (Å²) in [5, 5.41) is 2.98. The minimum Gasteiger partial charge on any atom is -0.465 e. The lowest BCUT2D eigenvalue weighted by molar-refractivity contribution is -0.115. The molecule has 4 aliphatic rings. The van der Waals surface area contributed by atoms with Crippen LogP contribution >= 0.6 is 12.4 Å². The third kappa shape index (κ3) is 9.13. The number of hydrogen-bond donors (Lipinski definition) is 1. The highest BCUT2D eigenvalue weighted by Crippen LogP contribution is 2.27. The first-order valence-corrected chi connectivity index (χ1v) is 15.9. The Bertz CT molecular complexity index is 1250. The number of hydrogen-bond acceptors (Lipinski definition) is 6. The zero-order valence-electron chi connectivity index (χ0n) is 26.0. The van der Waals surface area contributed by atoms with E-state index < -0.39 is 0 Å². The van der Waals surface area contributed by atoms with Crippen molar-refractivity contribution in [3.8, 4) is 0 Å². The monoisotopic (exact) mass is 626 g/mol. The summed E-state index contributed by atoms with van der Waals surface area (Å²) < 4.78 is 16.7. The molecule has 1 atom stereocenters. The molecule has 0 bridgehead atoms. The van der Waals surface area contributed by atoms with Gasteiger partial charge in [-0.2, -0.15) is 0 Å². The Morgan fingerprint density at radius 3 is 2.59 bits per heavy atom. The molecule has 2 saturated heterocycles. The molecule has 0 spiro atoms. The molecule has 5 rings (SSSR count). The number of carbonyl (C=O) groups excluding carboxylic acids is 2. The van der Waals surface area contributed by atoms with Gasteiger partial charge in [-0.25, -0.2) is 4.79 Å². The van der Waals surface area contributed by atoms with E-state index >= 15 is 0 Å². The zero-order chi connectivity index (χ0) is 30.0. The van der Waals surface area contributed by atoms with E-state index in [-0.39, 0.29) is 30.1 Å². The number of likely N-dealkylation sites (tertiary alicyclic amines) is 1. The van der Waals surface area contributed by atoms with E-state index in [1.165, 1.54) is 11.8 Å². The van der Waals surface area contributed by atoms with Crippen molar-refractivity contribution in [2.24, 2.45) is 5.92 Å². The number of amides is 3. The van der Waals surface area contributed by atoms with Crippen molar-refractivity contribution in [1.29, 1.82) is 0 Å². The molecular weight excluding hydrogens is 580 g/mol. The lowest BCUT2D eigenvalue weighted by Crippen LogP contribution is -2.51. The van der Waals surface area contributed by atoms with Gasteiger partial charge in [0.1, 0.15) is 12.5 Å². The van der Waals surface area contributed by atoms with Crippen LogP contribution in [0.4, 0.5) is 10.5 Å².